The van der Waals surface area contributed by atoms with Crippen LogP contribution in [0, 0.1) is 5.82 Å². The molecule has 21 heavy (non-hydrogen) atoms. The summed E-state index contributed by atoms with van der Waals surface area (Å²) in [5, 5.41) is 14.8. The first kappa shape index (κ1) is 14.6. The second kappa shape index (κ2) is 6.56. The van der Waals surface area contributed by atoms with Crippen LogP contribution in [0.2, 0.25) is 0 Å². The summed E-state index contributed by atoms with van der Waals surface area (Å²) >= 11 is 0. The van der Waals surface area contributed by atoms with Crippen LogP contribution in [0.25, 0.3) is 0 Å². The number of amidine groups is 1. The molecule has 0 fully saturated rings. The van der Waals surface area contributed by atoms with Crippen molar-refractivity contribution < 1.29 is 14.3 Å². The van der Waals surface area contributed by atoms with Crippen LogP contribution in [-0.2, 0) is 6.54 Å². The van der Waals surface area contributed by atoms with Gasteiger partial charge < -0.3 is 21.0 Å². The number of oxime groups is 1. The van der Waals surface area contributed by atoms with Gasteiger partial charge in [0.2, 0.25) is 0 Å². The van der Waals surface area contributed by atoms with E-state index >= 15 is 0 Å². The molecule has 0 aliphatic heterocycles. The molecule has 2 aromatic rings. The normalized spacial score (nSPS) is 11.2. The van der Waals surface area contributed by atoms with Gasteiger partial charge in [0.05, 0.1) is 12.8 Å². The molecule has 0 saturated carbocycles. The molecule has 0 aliphatic carbocycles. The summed E-state index contributed by atoms with van der Waals surface area (Å²) in [7, 11) is 1.46. The monoisotopic (exact) mass is 290 g/mol. The highest BCUT2D eigenvalue weighted by atomic mass is 19.1. The van der Waals surface area contributed by atoms with Gasteiger partial charge in [-0.25, -0.2) is 4.39 Å². The number of benzene rings is 1. The Labute approximate surface area is 121 Å². The van der Waals surface area contributed by atoms with Gasteiger partial charge in [-0.05, 0) is 18.2 Å². The van der Waals surface area contributed by atoms with Crippen LogP contribution in [0.4, 0.5) is 10.1 Å². The second-order valence-electron chi connectivity index (χ2n) is 4.19. The summed E-state index contributed by atoms with van der Waals surface area (Å²) < 4.78 is 18.2. The van der Waals surface area contributed by atoms with Gasteiger partial charge in [0, 0.05) is 24.4 Å². The van der Waals surface area contributed by atoms with Gasteiger partial charge in [-0.3, -0.25) is 4.98 Å². The minimum absolute atomic E-state index is 0.0709. The number of rotatable bonds is 5. The van der Waals surface area contributed by atoms with E-state index in [-0.39, 0.29) is 11.7 Å². The van der Waals surface area contributed by atoms with E-state index in [1.165, 1.54) is 19.2 Å². The molecule has 1 aromatic heterocycles. The number of hydrogen-bond acceptors (Lipinski definition) is 5. The molecule has 110 valence electrons. The molecule has 7 heteroatoms. The molecule has 0 amide bonds. The van der Waals surface area contributed by atoms with Crippen molar-refractivity contribution in [2.75, 3.05) is 12.4 Å². The maximum absolute atomic E-state index is 13.1. The molecule has 0 spiro atoms. The van der Waals surface area contributed by atoms with Crippen LogP contribution in [0.3, 0.4) is 0 Å². The summed E-state index contributed by atoms with van der Waals surface area (Å²) in [5.41, 5.74) is 7.33. The molecule has 0 bridgehead atoms. The quantitative estimate of drug-likeness (QED) is 0.339. The molecule has 2 rings (SSSR count). The van der Waals surface area contributed by atoms with Crippen molar-refractivity contribution >= 4 is 11.5 Å². The minimum Gasteiger partial charge on any atom is -0.494 e. The van der Waals surface area contributed by atoms with Crippen molar-refractivity contribution in [3.05, 3.63) is 53.6 Å². The highest BCUT2D eigenvalue weighted by Gasteiger charge is 2.09. The average molecular weight is 290 g/mol. The number of methoxy groups -OCH3 is 1. The van der Waals surface area contributed by atoms with Gasteiger partial charge in [-0.15, -0.1) is 0 Å². The highest BCUT2D eigenvalue weighted by molar-refractivity contribution is 5.96. The smallest absolute Gasteiger partial charge is 0.189 e. The van der Waals surface area contributed by atoms with Gasteiger partial charge >= 0.3 is 0 Å². The molecule has 4 N–H and O–H groups in total. The van der Waals surface area contributed by atoms with E-state index in [9.17, 15) is 4.39 Å². The first-order chi connectivity index (χ1) is 10.2. The van der Waals surface area contributed by atoms with E-state index in [1.807, 2.05) is 0 Å². The molecule has 0 unspecified atom stereocenters. The Balaban J connectivity index is 2.21. The molecule has 0 saturated heterocycles. The largest absolute Gasteiger partial charge is 0.494 e. The van der Waals surface area contributed by atoms with Gasteiger partial charge in [-0.1, -0.05) is 11.2 Å². The third kappa shape index (κ3) is 3.38. The molecular weight excluding hydrogens is 275 g/mol. The molecule has 0 atom stereocenters. The zero-order valence-electron chi connectivity index (χ0n) is 11.4. The molecule has 0 radical (unpaired) electrons. The third-order valence-corrected chi connectivity index (χ3v) is 2.87. The van der Waals surface area contributed by atoms with Crippen molar-refractivity contribution in [2.24, 2.45) is 10.9 Å². The fourth-order valence-electron chi connectivity index (χ4n) is 1.86. The molecule has 1 heterocycles. The van der Waals surface area contributed by atoms with E-state index in [0.717, 1.165) is 5.56 Å². The lowest BCUT2D eigenvalue weighted by Crippen LogP contribution is -2.18. The first-order valence-electron chi connectivity index (χ1n) is 6.15. The summed E-state index contributed by atoms with van der Waals surface area (Å²) in [5.74, 6) is -0.0566. The van der Waals surface area contributed by atoms with Crippen LogP contribution in [0.5, 0.6) is 5.75 Å². The van der Waals surface area contributed by atoms with Gasteiger partial charge in [0.15, 0.2) is 5.84 Å². The Kier molecular flexibility index (Phi) is 4.55. The number of pyridine rings is 1. The Morgan fingerprint density at radius 3 is 3.00 bits per heavy atom. The van der Waals surface area contributed by atoms with Crippen LogP contribution in [0.1, 0.15) is 11.3 Å². The Morgan fingerprint density at radius 1 is 1.48 bits per heavy atom. The maximum Gasteiger partial charge on any atom is 0.189 e. The zero-order valence-corrected chi connectivity index (χ0v) is 11.4. The average Bonchev–Trinajstić information content (AvgIpc) is 2.53. The van der Waals surface area contributed by atoms with E-state index in [0.29, 0.717) is 23.7 Å². The van der Waals surface area contributed by atoms with Crippen molar-refractivity contribution in [3.8, 4) is 5.75 Å². The Morgan fingerprint density at radius 2 is 2.29 bits per heavy atom. The SMILES string of the molecule is COc1cc(F)ccc1NCc1cccnc1C(N)=NO. The van der Waals surface area contributed by atoms with Gasteiger partial charge in [0.25, 0.3) is 0 Å². The topological polar surface area (TPSA) is 92.8 Å². The van der Waals surface area contributed by atoms with Crippen LogP contribution < -0.4 is 15.8 Å². The summed E-state index contributed by atoms with van der Waals surface area (Å²) in [6.45, 7) is 0.362. The minimum atomic E-state index is -0.379. The van der Waals surface area contributed by atoms with E-state index < -0.39 is 0 Å². The van der Waals surface area contributed by atoms with E-state index in [1.54, 1.807) is 24.4 Å². The highest BCUT2D eigenvalue weighted by Crippen LogP contribution is 2.25. The van der Waals surface area contributed by atoms with Crippen LogP contribution >= 0.6 is 0 Å². The number of ether oxygens (including phenoxy) is 1. The van der Waals surface area contributed by atoms with E-state index in [2.05, 4.69) is 15.5 Å². The zero-order chi connectivity index (χ0) is 15.2. The predicted octanol–water partition coefficient (Wildman–Crippen LogP) is 1.94. The summed E-state index contributed by atoms with van der Waals surface area (Å²) in [6.07, 6.45) is 1.55. The Bertz CT molecular complexity index is 661. The molecule has 6 nitrogen and oxygen atoms in total. The lowest BCUT2D eigenvalue weighted by Gasteiger charge is -2.12. The van der Waals surface area contributed by atoms with Crippen LogP contribution in [0.15, 0.2) is 41.7 Å². The number of hydrogen-bond donors (Lipinski definition) is 3. The molecule has 1 aromatic carbocycles. The third-order valence-electron chi connectivity index (χ3n) is 2.87. The summed E-state index contributed by atoms with van der Waals surface area (Å²) in [4.78, 5) is 4.07. The molecule has 0 aliphatic rings. The van der Waals surface area contributed by atoms with Crippen LogP contribution in [-0.4, -0.2) is 23.1 Å². The fourth-order valence-corrected chi connectivity index (χ4v) is 1.86. The summed E-state index contributed by atoms with van der Waals surface area (Å²) in [6, 6.07) is 7.73. The lowest BCUT2D eigenvalue weighted by atomic mass is 10.1. The molecular formula is C14H15FN4O2. The van der Waals surface area contributed by atoms with Gasteiger partial charge in [-0.2, -0.15) is 0 Å². The van der Waals surface area contributed by atoms with Crippen molar-refractivity contribution in [2.45, 2.75) is 6.54 Å². The Hall–Kier alpha value is -2.83. The number of nitrogens with two attached hydrogens (primary N) is 1. The number of nitrogens with zero attached hydrogens (tertiary/aromatic N) is 2. The van der Waals surface area contributed by atoms with Crippen molar-refractivity contribution in [1.82, 2.24) is 4.98 Å². The number of nitrogens with one attached hydrogen (secondary N) is 1. The van der Waals surface area contributed by atoms with Crippen molar-refractivity contribution in [1.29, 1.82) is 0 Å². The standard InChI is InChI=1S/C14H15FN4O2/c1-21-12-7-10(15)4-5-11(12)18-8-9-3-2-6-17-13(9)14(16)19-20/h2-7,18,20H,8H2,1H3,(H2,16,19). The fraction of sp³-hybridized carbons (Fsp3) is 0.143. The second-order valence-corrected chi connectivity index (χ2v) is 4.19. The number of aromatic nitrogens is 1. The maximum atomic E-state index is 13.1. The first-order valence-corrected chi connectivity index (χ1v) is 6.15. The van der Waals surface area contributed by atoms with Gasteiger partial charge in [0.1, 0.15) is 17.3 Å². The number of anilines is 1. The predicted molar refractivity (Wildman–Crippen MR) is 77.0 cm³/mol. The van der Waals surface area contributed by atoms with Crippen molar-refractivity contribution in [3.63, 3.8) is 0 Å². The number of halogens is 1. The lowest BCUT2D eigenvalue weighted by molar-refractivity contribution is 0.318. The van der Waals surface area contributed by atoms with E-state index in [4.69, 9.17) is 15.7 Å².